The van der Waals surface area contributed by atoms with E-state index in [1.165, 1.54) is 19.2 Å². The molecule has 0 aliphatic rings. The number of carbonyl (C=O) groups excluding carboxylic acids is 2. The molecular formula is C18H24F3NO8S. The van der Waals surface area contributed by atoms with E-state index in [2.05, 4.69) is 14.2 Å². The summed E-state index contributed by atoms with van der Waals surface area (Å²) in [6, 6.07) is 4.99. The van der Waals surface area contributed by atoms with Crippen LogP contribution < -0.4 is 10.1 Å². The average Bonchev–Trinajstić information content (AvgIpc) is 2.62. The molecule has 0 bridgehead atoms. The number of esters is 1. The normalized spacial score (nSPS) is 13.3. The van der Waals surface area contributed by atoms with Crippen LogP contribution >= 0.6 is 0 Å². The Kier molecular flexibility index (Phi) is 9.11. The summed E-state index contributed by atoms with van der Waals surface area (Å²) >= 11 is 0. The first kappa shape index (κ1) is 26.5. The predicted molar refractivity (Wildman–Crippen MR) is 102 cm³/mol. The predicted octanol–water partition coefficient (Wildman–Crippen LogP) is 2.54. The van der Waals surface area contributed by atoms with E-state index in [-0.39, 0.29) is 12.2 Å². The summed E-state index contributed by atoms with van der Waals surface area (Å²) in [5, 5.41) is 2.42. The first-order chi connectivity index (χ1) is 14.1. The van der Waals surface area contributed by atoms with Crippen LogP contribution in [0.2, 0.25) is 0 Å². The third-order valence-corrected chi connectivity index (χ3v) is 4.46. The number of ether oxygens (including phenoxy) is 3. The van der Waals surface area contributed by atoms with E-state index in [0.29, 0.717) is 5.56 Å². The molecule has 1 aromatic carbocycles. The largest absolute Gasteiger partial charge is 0.523 e. The molecule has 31 heavy (non-hydrogen) atoms. The standard InChI is InChI=1S/C18H24F3NO8S/c1-17(2,3)30-16(24)22-14(15(23)27-4)11-12-5-7-13(8-6-12)28-9-10-29-31(25,26)18(19,20)21/h5-8,14H,9-11H2,1-4H3,(H,22,24)/t14-/m0/s1. The third-order valence-electron chi connectivity index (χ3n) is 3.41. The van der Waals surface area contributed by atoms with Crippen molar-refractivity contribution in [3.05, 3.63) is 29.8 Å². The maximum atomic E-state index is 12.2. The number of methoxy groups -OCH3 is 1. The molecule has 0 saturated carbocycles. The van der Waals surface area contributed by atoms with Gasteiger partial charge in [-0.25, -0.2) is 9.59 Å². The maximum Gasteiger partial charge on any atom is 0.523 e. The van der Waals surface area contributed by atoms with Gasteiger partial charge in [0.1, 0.15) is 30.6 Å². The molecule has 1 atom stereocenters. The van der Waals surface area contributed by atoms with Crippen molar-refractivity contribution in [3.63, 3.8) is 0 Å². The highest BCUT2D eigenvalue weighted by Crippen LogP contribution is 2.24. The Labute approximate surface area is 177 Å². The topological polar surface area (TPSA) is 117 Å². The Morgan fingerprint density at radius 3 is 2.13 bits per heavy atom. The second-order valence-corrected chi connectivity index (χ2v) is 8.75. The number of rotatable bonds is 9. The zero-order chi connectivity index (χ0) is 23.9. The molecular weight excluding hydrogens is 447 g/mol. The van der Waals surface area contributed by atoms with Crippen LogP contribution in [-0.4, -0.2) is 58.0 Å². The molecule has 1 N–H and O–H groups in total. The van der Waals surface area contributed by atoms with E-state index in [4.69, 9.17) is 9.47 Å². The lowest BCUT2D eigenvalue weighted by atomic mass is 10.1. The van der Waals surface area contributed by atoms with Crippen LogP contribution in [0.25, 0.3) is 0 Å². The van der Waals surface area contributed by atoms with E-state index in [0.717, 1.165) is 0 Å². The number of alkyl halides is 3. The van der Waals surface area contributed by atoms with E-state index < -0.39 is 52.5 Å². The molecule has 0 spiro atoms. The van der Waals surface area contributed by atoms with E-state index in [9.17, 15) is 31.2 Å². The zero-order valence-electron chi connectivity index (χ0n) is 17.3. The van der Waals surface area contributed by atoms with Crippen LogP contribution in [0, 0.1) is 0 Å². The Balaban J connectivity index is 2.63. The SMILES string of the molecule is COC(=O)[C@H](Cc1ccc(OCCOS(=O)(=O)C(F)(F)F)cc1)NC(=O)OC(C)(C)C. The Morgan fingerprint density at radius 2 is 1.65 bits per heavy atom. The first-order valence-electron chi connectivity index (χ1n) is 8.89. The number of hydrogen-bond donors (Lipinski definition) is 1. The summed E-state index contributed by atoms with van der Waals surface area (Å²) < 4.78 is 76.7. The van der Waals surface area contributed by atoms with Gasteiger partial charge in [-0.1, -0.05) is 12.1 Å². The van der Waals surface area contributed by atoms with Crippen molar-refractivity contribution in [2.45, 2.75) is 44.3 Å². The lowest BCUT2D eigenvalue weighted by Crippen LogP contribution is -2.45. The second kappa shape index (κ2) is 10.7. The van der Waals surface area contributed by atoms with Gasteiger partial charge in [0.05, 0.1) is 7.11 Å². The molecule has 1 rings (SSSR count). The minimum atomic E-state index is -5.67. The minimum absolute atomic E-state index is 0.0686. The van der Waals surface area contributed by atoms with Crippen LogP contribution in [0.3, 0.4) is 0 Å². The van der Waals surface area contributed by atoms with Crippen molar-refractivity contribution in [1.82, 2.24) is 5.32 Å². The van der Waals surface area contributed by atoms with Crippen molar-refractivity contribution in [2.24, 2.45) is 0 Å². The fraction of sp³-hybridized carbons (Fsp3) is 0.556. The van der Waals surface area contributed by atoms with Crippen molar-refractivity contribution in [1.29, 1.82) is 0 Å². The Bertz CT molecular complexity index is 848. The fourth-order valence-corrected chi connectivity index (χ4v) is 2.53. The van der Waals surface area contributed by atoms with Crippen LogP contribution in [0.4, 0.5) is 18.0 Å². The van der Waals surface area contributed by atoms with Crippen molar-refractivity contribution in [2.75, 3.05) is 20.3 Å². The number of halogens is 3. The zero-order valence-corrected chi connectivity index (χ0v) is 18.1. The van der Waals surface area contributed by atoms with Crippen LogP contribution in [0.15, 0.2) is 24.3 Å². The minimum Gasteiger partial charge on any atom is -0.491 e. The molecule has 0 heterocycles. The van der Waals surface area contributed by atoms with Crippen molar-refractivity contribution in [3.8, 4) is 5.75 Å². The molecule has 0 fully saturated rings. The molecule has 0 saturated heterocycles. The molecule has 0 radical (unpaired) electrons. The van der Waals surface area contributed by atoms with Gasteiger partial charge in [-0.2, -0.15) is 21.6 Å². The maximum absolute atomic E-state index is 12.2. The van der Waals surface area contributed by atoms with Crippen molar-refractivity contribution < 1.29 is 49.6 Å². The van der Waals surface area contributed by atoms with Crippen molar-refractivity contribution >= 4 is 22.2 Å². The van der Waals surface area contributed by atoms with Crippen LogP contribution in [0.5, 0.6) is 5.75 Å². The summed E-state index contributed by atoms with van der Waals surface area (Å²) in [6.07, 6.45) is -0.726. The summed E-state index contributed by atoms with van der Waals surface area (Å²) in [6.45, 7) is 3.74. The van der Waals surface area contributed by atoms with Gasteiger partial charge in [-0.05, 0) is 38.5 Å². The average molecular weight is 471 g/mol. The number of alkyl carbamates (subject to hydrolysis) is 1. The second-order valence-electron chi connectivity index (χ2n) is 7.14. The molecule has 0 aromatic heterocycles. The van der Waals surface area contributed by atoms with Gasteiger partial charge in [0, 0.05) is 6.42 Å². The van der Waals surface area contributed by atoms with Gasteiger partial charge < -0.3 is 19.5 Å². The number of benzene rings is 1. The molecule has 13 heteroatoms. The van der Waals surface area contributed by atoms with Gasteiger partial charge in [0.15, 0.2) is 0 Å². The Hall–Kier alpha value is -2.54. The molecule has 176 valence electrons. The number of amides is 1. The van der Waals surface area contributed by atoms with Gasteiger partial charge in [-0.15, -0.1) is 0 Å². The third kappa shape index (κ3) is 9.42. The summed E-state index contributed by atoms with van der Waals surface area (Å²) in [5.74, 6) is -0.458. The summed E-state index contributed by atoms with van der Waals surface area (Å²) in [7, 11) is -4.50. The molecule has 1 amide bonds. The number of nitrogens with one attached hydrogen (secondary N) is 1. The highest BCUT2D eigenvalue weighted by atomic mass is 32.2. The number of hydrogen-bond acceptors (Lipinski definition) is 8. The fourth-order valence-electron chi connectivity index (χ4n) is 2.11. The molecule has 9 nitrogen and oxygen atoms in total. The smallest absolute Gasteiger partial charge is 0.491 e. The van der Waals surface area contributed by atoms with Gasteiger partial charge in [-0.3, -0.25) is 4.18 Å². The summed E-state index contributed by atoms with van der Waals surface area (Å²) in [4.78, 5) is 23.9. The highest BCUT2D eigenvalue weighted by Gasteiger charge is 2.47. The van der Waals surface area contributed by atoms with Crippen LogP contribution in [-0.2, 0) is 35.0 Å². The molecule has 0 aliphatic heterocycles. The van der Waals surface area contributed by atoms with E-state index >= 15 is 0 Å². The first-order valence-corrected chi connectivity index (χ1v) is 10.3. The monoisotopic (exact) mass is 471 g/mol. The van der Waals surface area contributed by atoms with Gasteiger partial charge in [0.25, 0.3) is 0 Å². The van der Waals surface area contributed by atoms with Crippen LogP contribution in [0.1, 0.15) is 26.3 Å². The Morgan fingerprint density at radius 1 is 1.06 bits per heavy atom. The summed E-state index contributed by atoms with van der Waals surface area (Å²) in [5.41, 5.74) is -5.65. The highest BCUT2D eigenvalue weighted by molar-refractivity contribution is 7.87. The van der Waals surface area contributed by atoms with Gasteiger partial charge in [0.2, 0.25) is 0 Å². The molecule has 0 aliphatic carbocycles. The molecule has 1 aromatic rings. The quantitative estimate of drug-likeness (QED) is 0.253. The lowest BCUT2D eigenvalue weighted by molar-refractivity contribution is -0.143. The van der Waals surface area contributed by atoms with E-state index in [1.54, 1.807) is 32.9 Å². The lowest BCUT2D eigenvalue weighted by Gasteiger charge is -2.22. The molecule has 0 unspecified atom stereocenters. The van der Waals surface area contributed by atoms with Gasteiger partial charge >= 0.3 is 27.7 Å². The number of carbonyl (C=O) groups is 2. The van der Waals surface area contributed by atoms with E-state index in [1.807, 2.05) is 0 Å².